The largest absolute Gasteiger partial charge is 0.469 e. The normalized spacial score (nSPS) is 12.5. The third kappa shape index (κ3) is 4.83. The van der Waals surface area contributed by atoms with Gasteiger partial charge in [0.1, 0.15) is 5.76 Å². The first-order valence-corrected chi connectivity index (χ1v) is 5.58. The lowest BCUT2D eigenvalue weighted by Crippen LogP contribution is -2.44. The lowest BCUT2D eigenvalue weighted by atomic mass is 10.2. The van der Waals surface area contributed by atoms with Crippen LogP contribution in [0.2, 0.25) is 0 Å². The van der Waals surface area contributed by atoms with Gasteiger partial charge in [-0.2, -0.15) is 0 Å². The summed E-state index contributed by atoms with van der Waals surface area (Å²) < 4.78 is 5.26. The van der Waals surface area contributed by atoms with Crippen LogP contribution in [0.4, 0.5) is 0 Å². The van der Waals surface area contributed by atoms with Gasteiger partial charge in [-0.05, 0) is 45.1 Å². The van der Waals surface area contributed by atoms with Crippen LogP contribution in [0.3, 0.4) is 0 Å². The van der Waals surface area contributed by atoms with Crippen molar-refractivity contribution < 1.29 is 4.42 Å². The molecule has 2 N–H and O–H groups in total. The first-order chi connectivity index (χ1) is 7.08. The standard InChI is InChI=1S/C11H18N2OS/c1-8(2)12-11(15)13-9(3)7-10-5-4-6-14-10/h4-6,8-9H,7H2,1-3H3,(H2,12,13,15). The van der Waals surface area contributed by atoms with Crippen LogP contribution in [0.15, 0.2) is 22.8 Å². The summed E-state index contributed by atoms with van der Waals surface area (Å²) in [6.45, 7) is 6.20. The Morgan fingerprint density at radius 2 is 2.13 bits per heavy atom. The van der Waals surface area contributed by atoms with Crippen LogP contribution in [0.1, 0.15) is 26.5 Å². The van der Waals surface area contributed by atoms with Crippen molar-refractivity contribution in [2.24, 2.45) is 0 Å². The van der Waals surface area contributed by atoms with Crippen molar-refractivity contribution in [3.05, 3.63) is 24.2 Å². The number of hydrogen-bond acceptors (Lipinski definition) is 2. The lowest BCUT2D eigenvalue weighted by Gasteiger charge is -2.17. The third-order valence-corrected chi connectivity index (χ3v) is 2.12. The van der Waals surface area contributed by atoms with Gasteiger partial charge in [0, 0.05) is 18.5 Å². The molecule has 0 aliphatic heterocycles. The number of nitrogens with one attached hydrogen (secondary N) is 2. The van der Waals surface area contributed by atoms with Gasteiger partial charge in [0.2, 0.25) is 0 Å². The molecule has 1 unspecified atom stereocenters. The molecule has 3 nitrogen and oxygen atoms in total. The van der Waals surface area contributed by atoms with Gasteiger partial charge < -0.3 is 15.1 Å². The quantitative estimate of drug-likeness (QED) is 0.771. The van der Waals surface area contributed by atoms with Crippen LogP contribution < -0.4 is 10.6 Å². The van der Waals surface area contributed by atoms with Gasteiger partial charge in [-0.1, -0.05) is 0 Å². The summed E-state index contributed by atoms with van der Waals surface area (Å²) in [5.74, 6) is 0.974. The van der Waals surface area contributed by atoms with Crippen LogP contribution in [0, 0.1) is 0 Å². The average molecular weight is 226 g/mol. The number of rotatable bonds is 4. The molecule has 1 heterocycles. The highest BCUT2D eigenvalue weighted by Crippen LogP contribution is 2.03. The molecule has 0 amide bonds. The lowest BCUT2D eigenvalue weighted by molar-refractivity contribution is 0.480. The summed E-state index contributed by atoms with van der Waals surface area (Å²) in [5, 5.41) is 7.05. The number of thiocarbonyl (C=S) groups is 1. The van der Waals surface area contributed by atoms with E-state index < -0.39 is 0 Å². The molecule has 0 saturated carbocycles. The minimum atomic E-state index is 0.273. The van der Waals surface area contributed by atoms with E-state index in [1.54, 1.807) is 6.26 Å². The number of hydrogen-bond donors (Lipinski definition) is 2. The van der Waals surface area contributed by atoms with E-state index in [0.717, 1.165) is 12.2 Å². The van der Waals surface area contributed by atoms with Gasteiger partial charge in [0.05, 0.1) is 6.26 Å². The van der Waals surface area contributed by atoms with Gasteiger partial charge in [0.25, 0.3) is 0 Å². The zero-order chi connectivity index (χ0) is 11.3. The van der Waals surface area contributed by atoms with Crippen LogP contribution in [-0.4, -0.2) is 17.2 Å². The Morgan fingerprint density at radius 1 is 1.40 bits per heavy atom. The van der Waals surface area contributed by atoms with Crippen molar-refractivity contribution in [3.8, 4) is 0 Å². The Bertz CT molecular complexity index is 296. The van der Waals surface area contributed by atoms with Gasteiger partial charge >= 0.3 is 0 Å². The van der Waals surface area contributed by atoms with Crippen molar-refractivity contribution >= 4 is 17.3 Å². The molecule has 0 radical (unpaired) electrons. The first kappa shape index (κ1) is 12.0. The minimum Gasteiger partial charge on any atom is -0.469 e. The Labute approximate surface area is 96.2 Å². The minimum absolute atomic E-state index is 0.273. The second kappa shape index (κ2) is 5.75. The van der Waals surface area contributed by atoms with Crippen LogP contribution in [-0.2, 0) is 6.42 Å². The molecule has 0 aliphatic carbocycles. The van der Waals surface area contributed by atoms with E-state index >= 15 is 0 Å². The molecule has 0 spiro atoms. The number of furan rings is 1. The van der Waals surface area contributed by atoms with Gasteiger partial charge in [-0.25, -0.2) is 0 Å². The van der Waals surface area contributed by atoms with Crippen molar-refractivity contribution in [2.45, 2.75) is 39.3 Å². The smallest absolute Gasteiger partial charge is 0.166 e. The van der Waals surface area contributed by atoms with Crippen LogP contribution in [0.5, 0.6) is 0 Å². The van der Waals surface area contributed by atoms with Crippen molar-refractivity contribution in [2.75, 3.05) is 0 Å². The summed E-state index contributed by atoms with van der Waals surface area (Å²) >= 11 is 5.15. The Hall–Kier alpha value is -1.03. The average Bonchev–Trinajstić information content (AvgIpc) is 2.53. The molecule has 84 valence electrons. The third-order valence-electron chi connectivity index (χ3n) is 1.88. The fourth-order valence-electron chi connectivity index (χ4n) is 1.31. The molecule has 0 bridgehead atoms. The molecule has 4 heteroatoms. The second-order valence-corrected chi connectivity index (χ2v) is 4.37. The fraction of sp³-hybridized carbons (Fsp3) is 0.545. The van der Waals surface area contributed by atoms with Crippen LogP contribution >= 0.6 is 12.2 Å². The molecule has 0 aliphatic rings. The van der Waals surface area contributed by atoms with E-state index in [4.69, 9.17) is 16.6 Å². The van der Waals surface area contributed by atoms with E-state index in [1.165, 1.54) is 0 Å². The highest BCUT2D eigenvalue weighted by molar-refractivity contribution is 7.80. The van der Waals surface area contributed by atoms with Crippen molar-refractivity contribution in [1.29, 1.82) is 0 Å². The molecule has 15 heavy (non-hydrogen) atoms. The van der Waals surface area contributed by atoms with Gasteiger partial charge in [-0.3, -0.25) is 0 Å². The van der Waals surface area contributed by atoms with Crippen molar-refractivity contribution in [3.63, 3.8) is 0 Å². The van der Waals surface area contributed by atoms with E-state index in [9.17, 15) is 0 Å². The van der Waals surface area contributed by atoms with E-state index in [-0.39, 0.29) is 6.04 Å². The topological polar surface area (TPSA) is 37.2 Å². The molecule has 1 atom stereocenters. The summed E-state index contributed by atoms with van der Waals surface area (Å²) in [6, 6.07) is 4.50. The zero-order valence-electron chi connectivity index (χ0n) is 9.41. The zero-order valence-corrected chi connectivity index (χ0v) is 10.2. The van der Waals surface area contributed by atoms with Crippen LogP contribution in [0.25, 0.3) is 0 Å². The maximum Gasteiger partial charge on any atom is 0.166 e. The fourth-order valence-corrected chi connectivity index (χ4v) is 1.75. The molecular formula is C11H18N2OS. The first-order valence-electron chi connectivity index (χ1n) is 5.17. The highest BCUT2D eigenvalue weighted by Gasteiger charge is 2.07. The maximum absolute atomic E-state index is 5.26. The molecule has 0 fully saturated rings. The predicted molar refractivity (Wildman–Crippen MR) is 65.9 cm³/mol. The Morgan fingerprint density at radius 3 is 2.67 bits per heavy atom. The predicted octanol–water partition coefficient (Wildman–Crippen LogP) is 2.08. The molecule has 0 aromatic carbocycles. The second-order valence-electron chi connectivity index (χ2n) is 3.96. The van der Waals surface area contributed by atoms with E-state index in [0.29, 0.717) is 11.2 Å². The van der Waals surface area contributed by atoms with Crippen molar-refractivity contribution in [1.82, 2.24) is 10.6 Å². The van der Waals surface area contributed by atoms with E-state index in [2.05, 4.69) is 31.4 Å². The van der Waals surface area contributed by atoms with E-state index in [1.807, 2.05) is 12.1 Å². The monoisotopic (exact) mass is 226 g/mol. The Kier molecular flexibility index (Phi) is 4.62. The molecule has 1 rings (SSSR count). The SMILES string of the molecule is CC(C)NC(=S)NC(C)Cc1ccco1. The summed E-state index contributed by atoms with van der Waals surface area (Å²) in [4.78, 5) is 0. The van der Waals surface area contributed by atoms with Gasteiger partial charge in [0.15, 0.2) is 5.11 Å². The maximum atomic E-state index is 5.26. The molecule has 1 aromatic heterocycles. The highest BCUT2D eigenvalue weighted by atomic mass is 32.1. The molecular weight excluding hydrogens is 208 g/mol. The molecule has 1 aromatic rings. The summed E-state index contributed by atoms with van der Waals surface area (Å²) in [5.41, 5.74) is 0. The Balaban J connectivity index is 2.29. The molecule has 0 saturated heterocycles. The van der Waals surface area contributed by atoms with Gasteiger partial charge in [-0.15, -0.1) is 0 Å². The summed E-state index contributed by atoms with van der Waals surface area (Å²) in [6.07, 6.45) is 2.53. The summed E-state index contributed by atoms with van der Waals surface area (Å²) in [7, 11) is 0.